The number of hydrogen-bond donors (Lipinski definition) is 3. The van der Waals surface area contributed by atoms with E-state index in [0.29, 0.717) is 12.3 Å². The molecular weight excluding hydrogens is 318 g/mol. The SMILES string of the molecule is CN=C(NCc1c(O)ccc2c1CCCC2)NC(C)c1cccs1. The molecule has 1 aliphatic rings. The summed E-state index contributed by atoms with van der Waals surface area (Å²) in [5.41, 5.74) is 3.71. The number of hydrogen-bond acceptors (Lipinski definition) is 3. The molecule has 1 atom stereocenters. The van der Waals surface area contributed by atoms with E-state index < -0.39 is 0 Å². The van der Waals surface area contributed by atoms with Gasteiger partial charge in [0.25, 0.3) is 0 Å². The van der Waals surface area contributed by atoms with Crippen LogP contribution in [0.2, 0.25) is 0 Å². The first-order valence-corrected chi connectivity index (χ1v) is 9.40. The third kappa shape index (κ3) is 3.73. The highest BCUT2D eigenvalue weighted by Crippen LogP contribution is 2.30. The second kappa shape index (κ2) is 7.71. The molecule has 0 aliphatic heterocycles. The summed E-state index contributed by atoms with van der Waals surface area (Å²) in [7, 11) is 1.77. The topological polar surface area (TPSA) is 56.7 Å². The van der Waals surface area contributed by atoms with Gasteiger partial charge in [-0.15, -0.1) is 11.3 Å². The second-order valence-corrected chi connectivity index (χ2v) is 7.19. The van der Waals surface area contributed by atoms with Crippen LogP contribution in [0.15, 0.2) is 34.6 Å². The van der Waals surface area contributed by atoms with Gasteiger partial charge in [0, 0.05) is 24.0 Å². The summed E-state index contributed by atoms with van der Waals surface area (Å²) in [6.45, 7) is 2.71. The molecule has 24 heavy (non-hydrogen) atoms. The summed E-state index contributed by atoms with van der Waals surface area (Å²) in [4.78, 5) is 5.59. The molecule has 1 heterocycles. The average molecular weight is 343 g/mol. The summed E-state index contributed by atoms with van der Waals surface area (Å²) in [6, 6.07) is 8.28. The van der Waals surface area contributed by atoms with Crippen LogP contribution in [0.1, 0.15) is 47.4 Å². The Morgan fingerprint density at radius 3 is 2.88 bits per heavy atom. The highest BCUT2D eigenvalue weighted by molar-refractivity contribution is 7.10. The van der Waals surface area contributed by atoms with Crippen LogP contribution in [-0.2, 0) is 19.4 Å². The number of phenols is 1. The number of thiophene rings is 1. The lowest BCUT2D eigenvalue weighted by atomic mass is 9.88. The number of aryl methyl sites for hydroxylation is 1. The van der Waals surface area contributed by atoms with E-state index in [2.05, 4.69) is 46.1 Å². The van der Waals surface area contributed by atoms with Crippen LogP contribution in [0, 0.1) is 0 Å². The van der Waals surface area contributed by atoms with Gasteiger partial charge in [0.05, 0.1) is 6.04 Å². The van der Waals surface area contributed by atoms with Crippen LogP contribution in [0.3, 0.4) is 0 Å². The summed E-state index contributed by atoms with van der Waals surface area (Å²) in [5, 5.41) is 19.1. The lowest BCUT2D eigenvalue weighted by Crippen LogP contribution is -2.38. The molecule has 0 saturated heterocycles. The second-order valence-electron chi connectivity index (χ2n) is 6.22. The van der Waals surface area contributed by atoms with Crippen molar-refractivity contribution in [1.29, 1.82) is 0 Å². The van der Waals surface area contributed by atoms with E-state index in [4.69, 9.17) is 0 Å². The van der Waals surface area contributed by atoms with Gasteiger partial charge in [-0.2, -0.15) is 0 Å². The Bertz CT molecular complexity index is 710. The highest BCUT2D eigenvalue weighted by atomic mass is 32.1. The Morgan fingerprint density at radius 1 is 1.29 bits per heavy atom. The van der Waals surface area contributed by atoms with Gasteiger partial charge in [0.15, 0.2) is 5.96 Å². The Kier molecular flexibility index (Phi) is 5.41. The maximum atomic E-state index is 10.3. The molecule has 1 aromatic carbocycles. The number of benzene rings is 1. The fourth-order valence-corrected chi connectivity index (χ4v) is 4.00. The fourth-order valence-electron chi connectivity index (χ4n) is 3.27. The Hall–Kier alpha value is -2.01. The van der Waals surface area contributed by atoms with Crippen molar-refractivity contribution in [3.05, 3.63) is 51.2 Å². The van der Waals surface area contributed by atoms with Crippen molar-refractivity contribution in [2.75, 3.05) is 7.05 Å². The van der Waals surface area contributed by atoms with Crippen molar-refractivity contribution < 1.29 is 5.11 Å². The predicted octanol–water partition coefficient (Wildman–Crippen LogP) is 3.76. The van der Waals surface area contributed by atoms with Gasteiger partial charge in [0.1, 0.15) is 5.75 Å². The van der Waals surface area contributed by atoms with E-state index in [1.807, 2.05) is 6.07 Å². The van der Waals surface area contributed by atoms with E-state index in [1.54, 1.807) is 18.4 Å². The average Bonchev–Trinajstić information content (AvgIpc) is 3.14. The zero-order valence-corrected chi connectivity index (χ0v) is 15.1. The number of nitrogens with one attached hydrogen (secondary N) is 2. The van der Waals surface area contributed by atoms with E-state index in [-0.39, 0.29) is 6.04 Å². The molecule has 0 amide bonds. The van der Waals surface area contributed by atoms with E-state index in [1.165, 1.54) is 28.8 Å². The summed E-state index contributed by atoms with van der Waals surface area (Å²) >= 11 is 1.73. The van der Waals surface area contributed by atoms with Gasteiger partial charge in [-0.3, -0.25) is 4.99 Å². The van der Waals surface area contributed by atoms with Crippen molar-refractivity contribution in [3.63, 3.8) is 0 Å². The molecular formula is C19H25N3OS. The molecule has 5 heteroatoms. The molecule has 3 N–H and O–H groups in total. The van der Waals surface area contributed by atoms with Crippen LogP contribution in [0.5, 0.6) is 5.75 Å². The zero-order valence-electron chi connectivity index (χ0n) is 14.3. The zero-order chi connectivity index (χ0) is 16.9. The van der Waals surface area contributed by atoms with Crippen LogP contribution in [0.25, 0.3) is 0 Å². The lowest BCUT2D eigenvalue weighted by molar-refractivity contribution is 0.464. The van der Waals surface area contributed by atoms with Crippen molar-refractivity contribution >= 4 is 17.3 Å². The molecule has 1 aromatic heterocycles. The molecule has 0 bridgehead atoms. The molecule has 2 aromatic rings. The van der Waals surface area contributed by atoms with Gasteiger partial charge in [-0.1, -0.05) is 12.1 Å². The van der Waals surface area contributed by atoms with Gasteiger partial charge in [-0.05, 0) is 61.2 Å². The van der Waals surface area contributed by atoms with Gasteiger partial charge in [0.2, 0.25) is 0 Å². The Labute approximate surface area is 147 Å². The first-order valence-electron chi connectivity index (χ1n) is 8.52. The molecule has 0 fully saturated rings. The van der Waals surface area contributed by atoms with Gasteiger partial charge < -0.3 is 15.7 Å². The van der Waals surface area contributed by atoms with E-state index >= 15 is 0 Å². The molecule has 0 saturated carbocycles. The third-order valence-electron chi connectivity index (χ3n) is 4.61. The molecule has 0 radical (unpaired) electrons. The lowest BCUT2D eigenvalue weighted by Gasteiger charge is -2.22. The smallest absolute Gasteiger partial charge is 0.191 e. The molecule has 0 spiro atoms. The first kappa shape index (κ1) is 16.8. The number of phenolic OH excluding ortho intramolecular Hbond substituents is 1. The molecule has 128 valence electrons. The van der Waals surface area contributed by atoms with Crippen LogP contribution >= 0.6 is 11.3 Å². The number of aliphatic imine (C=N–C) groups is 1. The normalized spacial score (nSPS) is 15.7. The van der Waals surface area contributed by atoms with Gasteiger partial charge in [-0.25, -0.2) is 0 Å². The predicted molar refractivity (Wildman–Crippen MR) is 101 cm³/mol. The van der Waals surface area contributed by atoms with Crippen LogP contribution in [0.4, 0.5) is 0 Å². The number of fused-ring (bicyclic) bond motifs is 1. The quantitative estimate of drug-likeness (QED) is 0.585. The summed E-state index contributed by atoms with van der Waals surface area (Å²) in [5.74, 6) is 1.13. The number of guanidine groups is 1. The fraction of sp³-hybridized carbons (Fsp3) is 0.421. The Balaban J connectivity index is 1.68. The van der Waals surface area contributed by atoms with Gasteiger partial charge >= 0.3 is 0 Å². The van der Waals surface area contributed by atoms with Crippen molar-refractivity contribution in [2.24, 2.45) is 4.99 Å². The number of aromatic hydroxyl groups is 1. The van der Waals surface area contributed by atoms with Crippen molar-refractivity contribution in [1.82, 2.24) is 10.6 Å². The van der Waals surface area contributed by atoms with Crippen LogP contribution < -0.4 is 10.6 Å². The molecule has 1 aliphatic carbocycles. The molecule has 1 unspecified atom stereocenters. The maximum absolute atomic E-state index is 10.3. The van der Waals surface area contributed by atoms with Crippen molar-refractivity contribution in [2.45, 2.75) is 45.2 Å². The first-order chi connectivity index (χ1) is 11.7. The minimum absolute atomic E-state index is 0.203. The highest BCUT2D eigenvalue weighted by Gasteiger charge is 2.17. The summed E-state index contributed by atoms with van der Waals surface area (Å²) in [6.07, 6.45) is 4.61. The Morgan fingerprint density at radius 2 is 2.12 bits per heavy atom. The number of rotatable bonds is 4. The van der Waals surface area contributed by atoms with Crippen LogP contribution in [-0.4, -0.2) is 18.1 Å². The molecule has 4 nitrogen and oxygen atoms in total. The monoisotopic (exact) mass is 343 g/mol. The van der Waals surface area contributed by atoms with E-state index in [9.17, 15) is 5.11 Å². The summed E-state index contributed by atoms with van der Waals surface area (Å²) < 4.78 is 0. The third-order valence-corrected chi connectivity index (χ3v) is 5.66. The largest absolute Gasteiger partial charge is 0.508 e. The van der Waals surface area contributed by atoms with Crippen molar-refractivity contribution in [3.8, 4) is 5.75 Å². The standard InChI is InChI=1S/C19H25N3OS/c1-13(18-8-5-11-24-18)22-19(20-2)21-12-16-15-7-4-3-6-14(15)9-10-17(16)23/h5,8-11,13,23H,3-4,6-7,12H2,1-2H3,(H2,20,21,22). The van der Waals surface area contributed by atoms with E-state index in [0.717, 1.165) is 24.4 Å². The minimum Gasteiger partial charge on any atom is -0.508 e. The maximum Gasteiger partial charge on any atom is 0.191 e. The number of nitrogens with zero attached hydrogens (tertiary/aromatic N) is 1. The molecule has 3 rings (SSSR count). The minimum atomic E-state index is 0.203.